The summed E-state index contributed by atoms with van der Waals surface area (Å²) in [7, 11) is 0. The summed E-state index contributed by atoms with van der Waals surface area (Å²) in [6.07, 6.45) is 5.20. The third-order valence-corrected chi connectivity index (χ3v) is 5.10. The molecule has 0 fully saturated rings. The summed E-state index contributed by atoms with van der Waals surface area (Å²) in [6.45, 7) is 1.82. The summed E-state index contributed by atoms with van der Waals surface area (Å²) < 4.78 is 20.6. The number of ether oxygens (including phenoxy) is 1. The zero-order valence-corrected chi connectivity index (χ0v) is 17.1. The minimum atomic E-state index is -0.521. The first-order chi connectivity index (χ1) is 14.4. The lowest BCUT2D eigenvalue weighted by molar-refractivity contribution is 0.227. The summed E-state index contributed by atoms with van der Waals surface area (Å²) in [6, 6.07) is 7.94. The highest BCUT2D eigenvalue weighted by Crippen LogP contribution is 2.33. The molecule has 152 valence electrons. The number of hydrogen-bond donors (Lipinski definition) is 2. The number of benzene rings is 1. The van der Waals surface area contributed by atoms with Gasteiger partial charge in [-0.2, -0.15) is 5.10 Å². The molecule has 0 bridgehead atoms. The van der Waals surface area contributed by atoms with E-state index in [0.717, 1.165) is 0 Å². The Balaban J connectivity index is 1.65. The zero-order chi connectivity index (χ0) is 21.3. The Bertz CT molecular complexity index is 1280. The van der Waals surface area contributed by atoms with Gasteiger partial charge in [0.2, 0.25) is 5.56 Å². The molecule has 0 aliphatic rings. The van der Waals surface area contributed by atoms with E-state index in [0.29, 0.717) is 38.0 Å². The number of H-pyrrole nitrogens is 2. The van der Waals surface area contributed by atoms with Crippen LogP contribution in [0.4, 0.5) is 4.39 Å². The number of fused-ring (bicyclic) bond motifs is 1. The molecule has 6 nitrogen and oxygen atoms in total. The Labute approximate surface area is 180 Å². The molecule has 1 aromatic carbocycles. The van der Waals surface area contributed by atoms with Crippen LogP contribution < -0.4 is 10.3 Å². The highest BCUT2D eigenvalue weighted by Gasteiger charge is 2.17. The Morgan fingerprint density at radius 2 is 1.97 bits per heavy atom. The monoisotopic (exact) mass is 444 g/mol. The third kappa shape index (κ3) is 4.08. The lowest BCUT2D eigenvalue weighted by atomic mass is 10.1. The van der Waals surface area contributed by atoms with Crippen LogP contribution in [0, 0.1) is 0 Å². The molecule has 0 aliphatic carbocycles. The van der Waals surface area contributed by atoms with Crippen LogP contribution in [0.3, 0.4) is 0 Å². The maximum absolute atomic E-state index is 14.6. The van der Waals surface area contributed by atoms with Crippen molar-refractivity contribution in [3.05, 3.63) is 86.1 Å². The van der Waals surface area contributed by atoms with E-state index in [4.69, 9.17) is 27.9 Å². The second kappa shape index (κ2) is 8.30. The molecule has 0 amide bonds. The molecule has 0 radical (unpaired) electrons. The van der Waals surface area contributed by atoms with Crippen LogP contribution in [0.1, 0.15) is 29.8 Å². The van der Waals surface area contributed by atoms with Gasteiger partial charge in [0.25, 0.3) is 0 Å². The molecule has 0 saturated carbocycles. The number of hydrogen-bond acceptors (Lipinski definition) is 4. The number of nitrogens with zero attached hydrogens (tertiary/aromatic N) is 2. The normalized spacial score (nSPS) is 12.9. The number of aromatic amines is 2. The second-order valence-electron chi connectivity index (χ2n) is 6.53. The van der Waals surface area contributed by atoms with Crippen molar-refractivity contribution in [3.63, 3.8) is 0 Å². The van der Waals surface area contributed by atoms with Crippen LogP contribution in [0.25, 0.3) is 22.8 Å². The molecule has 9 heteroatoms. The Hall–Kier alpha value is -3.16. The van der Waals surface area contributed by atoms with Crippen LogP contribution in [0.2, 0.25) is 10.0 Å². The smallest absolute Gasteiger partial charge is 0.247 e. The molecule has 3 aromatic heterocycles. The number of rotatable bonds is 5. The Morgan fingerprint density at radius 3 is 2.67 bits per heavy atom. The van der Waals surface area contributed by atoms with Crippen molar-refractivity contribution < 1.29 is 9.13 Å². The van der Waals surface area contributed by atoms with Gasteiger partial charge in [-0.1, -0.05) is 23.2 Å². The highest BCUT2D eigenvalue weighted by atomic mass is 35.5. The standard InChI is InChI=1S/C21H15Cl2FN4O2/c1-11(21-15(22)9-25-10-16(21)23)30-13-3-4-18-14(6-13)19(28-27-18)7-17(24)12-2-5-20(29)26-8-12/h2-11H,1H3,(H,26,29)(H,27,28)/b17-7-. The van der Waals surface area contributed by atoms with Gasteiger partial charge in [-0.3, -0.25) is 14.9 Å². The summed E-state index contributed by atoms with van der Waals surface area (Å²) in [5.41, 5.74) is 1.69. The first-order valence-electron chi connectivity index (χ1n) is 8.92. The fourth-order valence-electron chi connectivity index (χ4n) is 3.03. The highest BCUT2D eigenvalue weighted by molar-refractivity contribution is 6.35. The van der Waals surface area contributed by atoms with E-state index in [2.05, 4.69) is 20.2 Å². The molecule has 0 saturated heterocycles. The molecule has 4 aromatic rings. The van der Waals surface area contributed by atoms with E-state index in [-0.39, 0.29) is 11.1 Å². The largest absolute Gasteiger partial charge is 0.486 e. The molecule has 1 atom stereocenters. The average Bonchev–Trinajstić information content (AvgIpc) is 3.10. The fraction of sp³-hybridized carbons (Fsp3) is 0.0952. The quantitative estimate of drug-likeness (QED) is 0.421. The van der Waals surface area contributed by atoms with Crippen LogP contribution in [0.5, 0.6) is 5.75 Å². The van der Waals surface area contributed by atoms with Crippen molar-refractivity contribution in [1.29, 1.82) is 0 Å². The molecular formula is C21H15Cl2FN4O2. The van der Waals surface area contributed by atoms with E-state index in [1.807, 2.05) is 6.92 Å². The van der Waals surface area contributed by atoms with Crippen LogP contribution in [-0.2, 0) is 0 Å². The van der Waals surface area contributed by atoms with Crippen LogP contribution in [0.15, 0.2) is 53.7 Å². The Morgan fingerprint density at radius 1 is 1.20 bits per heavy atom. The van der Waals surface area contributed by atoms with Crippen LogP contribution in [-0.4, -0.2) is 20.2 Å². The molecular weight excluding hydrogens is 430 g/mol. The maximum atomic E-state index is 14.6. The number of aromatic nitrogens is 4. The number of nitrogens with one attached hydrogen (secondary N) is 2. The molecule has 0 spiro atoms. The van der Waals surface area contributed by atoms with Gasteiger partial charge in [0.05, 0.1) is 21.3 Å². The summed E-state index contributed by atoms with van der Waals surface area (Å²) in [5, 5.41) is 8.49. The Kier molecular flexibility index (Phi) is 5.57. The summed E-state index contributed by atoms with van der Waals surface area (Å²) in [5.74, 6) is 0.0197. The van der Waals surface area contributed by atoms with Crippen molar-refractivity contribution >= 4 is 46.0 Å². The van der Waals surface area contributed by atoms with Crippen LogP contribution >= 0.6 is 23.2 Å². The van der Waals surface area contributed by atoms with E-state index in [9.17, 15) is 9.18 Å². The van der Waals surface area contributed by atoms with Crippen molar-refractivity contribution in [2.75, 3.05) is 0 Å². The topological polar surface area (TPSA) is 83.7 Å². The SMILES string of the molecule is CC(Oc1ccc2n[nH]c(/C=C(\F)c3ccc(=O)[nH]c3)c2c1)c1c(Cl)cncc1Cl. The molecule has 0 aliphatic heterocycles. The van der Waals surface area contributed by atoms with Crippen molar-refractivity contribution in [2.45, 2.75) is 13.0 Å². The zero-order valence-electron chi connectivity index (χ0n) is 15.6. The minimum Gasteiger partial charge on any atom is -0.486 e. The number of pyridine rings is 2. The van der Waals surface area contributed by atoms with Crippen molar-refractivity contribution in [3.8, 4) is 5.75 Å². The second-order valence-corrected chi connectivity index (χ2v) is 7.34. The van der Waals surface area contributed by atoms with Gasteiger partial charge in [0, 0.05) is 47.2 Å². The maximum Gasteiger partial charge on any atom is 0.247 e. The van der Waals surface area contributed by atoms with E-state index >= 15 is 0 Å². The van der Waals surface area contributed by atoms with Crippen molar-refractivity contribution in [1.82, 2.24) is 20.2 Å². The van der Waals surface area contributed by atoms with Gasteiger partial charge < -0.3 is 9.72 Å². The lowest BCUT2D eigenvalue weighted by Gasteiger charge is -2.17. The van der Waals surface area contributed by atoms with E-state index < -0.39 is 11.9 Å². The number of halogens is 3. The average molecular weight is 445 g/mol. The van der Waals surface area contributed by atoms with Gasteiger partial charge in [0.15, 0.2) is 0 Å². The van der Waals surface area contributed by atoms with Gasteiger partial charge in [0.1, 0.15) is 17.7 Å². The van der Waals surface area contributed by atoms with Gasteiger partial charge >= 0.3 is 0 Å². The molecule has 30 heavy (non-hydrogen) atoms. The molecule has 1 unspecified atom stereocenters. The van der Waals surface area contributed by atoms with Gasteiger partial charge in [-0.05, 0) is 31.2 Å². The fourth-order valence-corrected chi connectivity index (χ4v) is 3.71. The molecule has 4 rings (SSSR count). The molecule has 3 heterocycles. The van der Waals surface area contributed by atoms with Crippen molar-refractivity contribution in [2.24, 2.45) is 0 Å². The first kappa shape index (κ1) is 20.1. The predicted molar refractivity (Wildman–Crippen MR) is 115 cm³/mol. The van der Waals surface area contributed by atoms with E-state index in [1.54, 1.807) is 18.2 Å². The summed E-state index contributed by atoms with van der Waals surface area (Å²) in [4.78, 5) is 17.5. The van der Waals surface area contributed by atoms with Gasteiger partial charge in [-0.25, -0.2) is 4.39 Å². The van der Waals surface area contributed by atoms with E-state index in [1.165, 1.54) is 36.8 Å². The minimum absolute atomic E-state index is 0.250. The predicted octanol–water partition coefficient (Wildman–Crippen LogP) is 5.56. The summed E-state index contributed by atoms with van der Waals surface area (Å²) >= 11 is 12.4. The lowest BCUT2D eigenvalue weighted by Crippen LogP contribution is -2.05. The molecule has 2 N–H and O–H groups in total. The third-order valence-electron chi connectivity index (χ3n) is 4.50. The van der Waals surface area contributed by atoms with Gasteiger partial charge in [-0.15, -0.1) is 0 Å². The first-order valence-corrected chi connectivity index (χ1v) is 9.68.